The molecule has 1 N–H and O–H groups in total. The number of hydrogen-bond acceptors (Lipinski definition) is 5. The molecule has 1 saturated heterocycles. The number of anilines is 1. The number of hydrogen-bond donors (Lipinski definition) is 1. The smallest absolute Gasteiger partial charge is 0.332 e. The Labute approximate surface area is 168 Å². The van der Waals surface area contributed by atoms with E-state index in [1.165, 1.54) is 4.90 Å². The molecule has 8 heteroatoms. The predicted octanol–water partition coefficient (Wildman–Crippen LogP) is 2.20. The monoisotopic (exact) mass is 395 g/mol. The average Bonchev–Trinajstić information content (AvgIpc) is 3.26. The van der Waals surface area contributed by atoms with Crippen LogP contribution < -0.4 is 19.7 Å². The fourth-order valence-corrected chi connectivity index (χ4v) is 3.36. The minimum absolute atomic E-state index is 0.181. The lowest BCUT2D eigenvalue weighted by atomic mass is 10.2. The summed E-state index contributed by atoms with van der Waals surface area (Å²) in [5, 5.41) is 2.74. The number of nitrogens with one attached hydrogen (secondary N) is 1. The lowest BCUT2D eigenvalue weighted by molar-refractivity contribution is -0.131. The Balaban J connectivity index is 1.39. The van der Waals surface area contributed by atoms with Gasteiger partial charge in [-0.25, -0.2) is 4.79 Å². The maximum Gasteiger partial charge on any atom is 0.332 e. The van der Waals surface area contributed by atoms with Crippen molar-refractivity contribution in [2.75, 3.05) is 18.2 Å². The second-order valence-electron chi connectivity index (χ2n) is 7.05. The zero-order valence-electron chi connectivity index (χ0n) is 16.2. The number of amides is 4. The Morgan fingerprint density at radius 1 is 1.10 bits per heavy atom. The molecule has 2 aliphatic heterocycles. The number of imide groups is 1. The number of benzene rings is 2. The van der Waals surface area contributed by atoms with E-state index in [4.69, 9.17) is 9.47 Å². The van der Waals surface area contributed by atoms with Crippen molar-refractivity contribution in [3.63, 3.8) is 0 Å². The summed E-state index contributed by atoms with van der Waals surface area (Å²) in [5.41, 5.74) is 2.51. The van der Waals surface area contributed by atoms with Crippen LogP contribution in [0.1, 0.15) is 18.1 Å². The van der Waals surface area contributed by atoms with E-state index in [0.29, 0.717) is 17.2 Å². The molecule has 29 heavy (non-hydrogen) atoms. The zero-order chi connectivity index (χ0) is 20.5. The van der Waals surface area contributed by atoms with Crippen LogP contribution in [0.2, 0.25) is 0 Å². The van der Waals surface area contributed by atoms with E-state index in [1.807, 2.05) is 25.1 Å². The number of aryl methyl sites for hydroxylation is 1. The first-order chi connectivity index (χ1) is 13.9. The number of nitrogens with zero attached hydrogens (tertiary/aromatic N) is 2. The summed E-state index contributed by atoms with van der Waals surface area (Å²) in [5.74, 6) is 0.485. The summed E-state index contributed by atoms with van der Waals surface area (Å²) in [6.07, 6.45) is 0. The van der Waals surface area contributed by atoms with Crippen LogP contribution in [0.5, 0.6) is 11.5 Å². The first kappa shape index (κ1) is 18.8. The van der Waals surface area contributed by atoms with Crippen molar-refractivity contribution in [2.45, 2.75) is 26.4 Å². The Hall–Kier alpha value is -3.55. The van der Waals surface area contributed by atoms with E-state index in [-0.39, 0.29) is 19.9 Å². The van der Waals surface area contributed by atoms with E-state index < -0.39 is 23.9 Å². The molecule has 0 saturated carbocycles. The van der Waals surface area contributed by atoms with Gasteiger partial charge < -0.3 is 14.8 Å². The molecular weight excluding hydrogens is 374 g/mol. The molecule has 0 aliphatic carbocycles. The molecule has 4 amide bonds. The largest absolute Gasteiger partial charge is 0.454 e. The first-order valence-corrected chi connectivity index (χ1v) is 9.30. The van der Waals surface area contributed by atoms with Crippen LogP contribution >= 0.6 is 0 Å². The number of fused-ring (bicyclic) bond motifs is 1. The van der Waals surface area contributed by atoms with Crippen LogP contribution in [0.15, 0.2) is 42.5 Å². The summed E-state index contributed by atoms with van der Waals surface area (Å²) in [6, 6.07) is 11.6. The molecule has 4 rings (SSSR count). The van der Waals surface area contributed by atoms with Crippen LogP contribution in [0.4, 0.5) is 10.5 Å². The molecule has 2 aromatic rings. The van der Waals surface area contributed by atoms with Gasteiger partial charge >= 0.3 is 6.03 Å². The quantitative estimate of drug-likeness (QED) is 0.784. The first-order valence-electron chi connectivity index (χ1n) is 9.30. The average molecular weight is 395 g/mol. The van der Waals surface area contributed by atoms with Crippen LogP contribution in [-0.4, -0.2) is 42.1 Å². The fraction of sp³-hybridized carbons (Fsp3) is 0.286. The molecule has 2 heterocycles. The highest BCUT2D eigenvalue weighted by Gasteiger charge is 2.43. The molecule has 1 unspecified atom stereocenters. The third-order valence-corrected chi connectivity index (χ3v) is 4.99. The highest BCUT2D eigenvalue weighted by Crippen LogP contribution is 2.32. The Morgan fingerprint density at radius 2 is 1.83 bits per heavy atom. The Bertz CT molecular complexity index is 973. The predicted molar refractivity (Wildman–Crippen MR) is 105 cm³/mol. The van der Waals surface area contributed by atoms with Gasteiger partial charge in [0.15, 0.2) is 11.5 Å². The minimum Gasteiger partial charge on any atom is -0.454 e. The van der Waals surface area contributed by atoms with Crippen molar-refractivity contribution in [1.29, 1.82) is 0 Å². The van der Waals surface area contributed by atoms with E-state index in [2.05, 4.69) is 5.32 Å². The van der Waals surface area contributed by atoms with Crippen LogP contribution in [0.25, 0.3) is 0 Å². The van der Waals surface area contributed by atoms with E-state index in [1.54, 1.807) is 31.2 Å². The minimum atomic E-state index is -0.660. The van der Waals surface area contributed by atoms with Crippen molar-refractivity contribution in [3.05, 3.63) is 53.6 Å². The molecule has 8 nitrogen and oxygen atoms in total. The number of ether oxygens (including phenoxy) is 2. The number of urea groups is 1. The molecule has 0 radical (unpaired) electrons. The highest BCUT2D eigenvalue weighted by molar-refractivity contribution is 6.15. The van der Waals surface area contributed by atoms with Gasteiger partial charge in [0.1, 0.15) is 12.6 Å². The van der Waals surface area contributed by atoms with Crippen LogP contribution in [-0.2, 0) is 16.1 Å². The Kier molecular flexibility index (Phi) is 4.84. The maximum atomic E-state index is 12.8. The molecule has 2 aromatic carbocycles. The van der Waals surface area contributed by atoms with Gasteiger partial charge in [-0.15, -0.1) is 0 Å². The van der Waals surface area contributed by atoms with Gasteiger partial charge in [0.25, 0.3) is 5.91 Å². The van der Waals surface area contributed by atoms with Gasteiger partial charge in [0, 0.05) is 12.2 Å². The number of carbonyl (C=O) groups excluding carboxylic acids is 3. The lowest BCUT2D eigenvalue weighted by Gasteiger charge is -2.19. The number of carbonyl (C=O) groups is 3. The van der Waals surface area contributed by atoms with Crippen LogP contribution in [0, 0.1) is 6.92 Å². The van der Waals surface area contributed by atoms with Gasteiger partial charge in [-0.1, -0.05) is 23.8 Å². The van der Waals surface area contributed by atoms with Crippen molar-refractivity contribution in [2.24, 2.45) is 0 Å². The molecular formula is C21H21N3O5. The van der Waals surface area contributed by atoms with Crippen molar-refractivity contribution < 1.29 is 23.9 Å². The van der Waals surface area contributed by atoms with Crippen molar-refractivity contribution >= 4 is 23.5 Å². The van der Waals surface area contributed by atoms with Gasteiger partial charge in [-0.3, -0.25) is 19.4 Å². The highest BCUT2D eigenvalue weighted by atomic mass is 16.7. The third-order valence-electron chi connectivity index (χ3n) is 4.99. The fourth-order valence-electron chi connectivity index (χ4n) is 3.36. The second kappa shape index (κ2) is 7.46. The van der Waals surface area contributed by atoms with Crippen molar-refractivity contribution in [3.8, 4) is 11.5 Å². The standard InChI is InChI=1S/C21H21N3O5/c1-13-3-6-16(7-4-13)24-14(2)20(26)23(21(24)27)11-19(25)22-10-15-5-8-17-18(9-15)29-12-28-17/h3-9,14H,10-12H2,1-2H3,(H,22,25). The molecule has 0 bridgehead atoms. The van der Waals surface area contributed by atoms with E-state index in [9.17, 15) is 14.4 Å². The summed E-state index contributed by atoms with van der Waals surface area (Å²) >= 11 is 0. The lowest BCUT2D eigenvalue weighted by Crippen LogP contribution is -2.41. The maximum absolute atomic E-state index is 12.8. The van der Waals surface area contributed by atoms with Crippen molar-refractivity contribution in [1.82, 2.24) is 10.2 Å². The van der Waals surface area contributed by atoms with Gasteiger partial charge in [-0.05, 0) is 43.7 Å². The third kappa shape index (κ3) is 3.61. The van der Waals surface area contributed by atoms with Gasteiger partial charge in [-0.2, -0.15) is 0 Å². The molecule has 150 valence electrons. The summed E-state index contributed by atoms with van der Waals surface area (Å²) in [7, 11) is 0. The number of rotatable bonds is 5. The normalized spacial score (nSPS) is 17.8. The molecule has 2 aliphatic rings. The molecule has 0 spiro atoms. The van der Waals surface area contributed by atoms with E-state index >= 15 is 0 Å². The van der Waals surface area contributed by atoms with Gasteiger partial charge in [0.05, 0.1) is 0 Å². The molecule has 0 aromatic heterocycles. The Morgan fingerprint density at radius 3 is 2.59 bits per heavy atom. The topological polar surface area (TPSA) is 88.2 Å². The van der Waals surface area contributed by atoms with E-state index in [0.717, 1.165) is 16.0 Å². The molecule has 1 atom stereocenters. The SMILES string of the molecule is Cc1ccc(N2C(=O)N(CC(=O)NCc3ccc4c(c3)OCO4)C(=O)C2C)cc1. The summed E-state index contributed by atoms with van der Waals surface area (Å²) < 4.78 is 10.6. The zero-order valence-corrected chi connectivity index (χ0v) is 16.2. The summed E-state index contributed by atoms with van der Waals surface area (Å²) in [4.78, 5) is 40.1. The second-order valence-corrected chi connectivity index (χ2v) is 7.05. The van der Waals surface area contributed by atoms with Crippen LogP contribution in [0.3, 0.4) is 0 Å². The van der Waals surface area contributed by atoms with Gasteiger partial charge in [0.2, 0.25) is 12.7 Å². The molecule has 1 fully saturated rings. The summed E-state index contributed by atoms with van der Waals surface area (Å²) in [6.45, 7) is 3.71.